The van der Waals surface area contributed by atoms with Gasteiger partial charge in [0, 0.05) is 6.42 Å². The highest BCUT2D eigenvalue weighted by Gasteiger charge is 2.50. The molecule has 3 nitrogen and oxygen atoms in total. The zero-order valence-corrected chi connectivity index (χ0v) is 18.4. The predicted octanol–water partition coefficient (Wildman–Crippen LogP) is 4.78. The van der Waals surface area contributed by atoms with E-state index >= 15 is 0 Å². The molecule has 3 heteroatoms. The fourth-order valence-electron chi connectivity index (χ4n) is 6.47. The lowest BCUT2D eigenvalue weighted by atomic mass is 9.61. The SMILES string of the molecule is C[C@H](CC#CC1(C)CO1)[C@H]1CC[C@H]2/C(=C/C=C3C[C@@H](O)C[C@H](O)C3)CCC[C@]12C. The van der Waals surface area contributed by atoms with Crippen LogP contribution in [0.4, 0.5) is 0 Å². The molecule has 1 aliphatic heterocycles. The Hall–Kier alpha value is -1.08. The van der Waals surface area contributed by atoms with Gasteiger partial charge in [-0.3, -0.25) is 0 Å². The zero-order valence-electron chi connectivity index (χ0n) is 18.4. The molecule has 0 amide bonds. The summed E-state index contributed by atoms with van der Waals surface area (Å²) in [6.45, 7) is 7.79. The highest BCUT2D eigenvalue weighted by molar-refractivity contribution is 5.26. The van der Waals surface area contributed by atoms with Crippen LogP contribution in [-0.2, 0) is 4.74 Å². The van der Waals surface area contributed by atoms with Gasteiger partial charge in [-0.05, 0) is 81.5 Å². The largest absolute Gasteiger partial charge is 0.393 e. The number of fused-ring (bicyclic) bond motifs is 1. The minimum absolute atomic E-state index is 0.156. The van der Waals surface area contributed by atoms with Crippen LogP contribution >= 0.6 is 0 Å². The number of ether oxygens (including phenoxy) is 1. The molecule has 0 bridgehead atoms. The van der Waals surface area contributed by atoms with Gasteiger partial charge < -0.3 is 14.9 Å². The summed E-state index contributed by atoms with van der Waals surface area (Å²) in [6.07, 6.45) is 13.1. The summed E-state index contributed by atoms with van der Waals surface area (Å²) in [5.41, 5.74) is 3.02. The average Bonchev–Trinajstić information content (AvgIpc) is 3.26. The van der Waals surface area contributed by atoms with E-state index in [9.17, 15) is 10.2 Å². The molecule has 7 atom stereocenters. The fourth-order valence-corrected chi connectivity index (χ4v) is 6.47. The molecule has 0 aromatic heterocycles. The molecular weight excluding hydrogens is 360 g/mol. The molecule has 1 saturated heterocycles. The van der Waals surface area contributed by atoms with E-state index in [1.54, 1.807) is 5.57 Å². The van der Waals surface area contributed by atoms with E-state index in [-0.39, 0.29) is 17.8 Å². The lowest BCUT2D eigenvalue weighted by Crippen LogP contribution is -2.35. The van der Waals surface area contributed by atoms with Crippen molar-refractivity contribution in [3.63, 3.8) is 0 Å². The van der Waals surface area contributed by atoms with Crippen LogP contribution in [-0.4, -0.2) is 34.6 Å². The molecule has 4 aliphatic rings. The van der Waals surface area contributed by atoms with Gasteiger partial charge in [-0.1, -0.05) is 49.0 Å². The van der Waals surface area contributed by atoms with E-state index in [1.165, 1.54) is 37.7 Å². The number of aliphatic hydroxyl groups is 2. The first-order valence-electron chi connectivity index (χ1n) is 11.7. The van der Waals surface area contributed by atoms with Crippen LogP contribution in [0.3, 0.4) is 0 Å². The van der Waals surface area contributed by atoms with Gasteiger partial charge in [-0.25, -0.2) is 0 Å². The molecular formula is C26H38O3. The summed E-state index contributed by atoms with van der Waals surface area (Å²) in [5, 5.41) is 19.9. The Kier molecular flexibility index (Phi) is 6.00. The number of allylic oxidation sites excluding steroid dienone is 3. The standard InChI is InChI=1S/C26H38O3/c1-18(6-4-12-25(2)17-29-25)23-10-11-24-20(7-5-13-26(23,24)3)9-8-19-14-21(27)16-22(28)15-19/h8-9,18,21-24,27-28H,5-7,10-11,13-17H2,1-3H3/b20-9+/t18-,21-,22-,23-,24+,25?,26-/m1/s1. The van der Waals surface area contributed by atoms with Crippen LogP contribution in [0, 0.1) is 35.0 Å². The van der Waals surface area contributed by atoms with Crippen LogP contribution in [0.1, 0.15) is 78.6 Å². The Balaban J connectivity index is 1.45. The Morgan fingerprint density at radius 1 is 1.17 bits per heavy atom. The summed E-state index contributed by atoms with van der Waals surface area (Å²) in [4.78, 5) is 0. The number of aliphatic hydroxyl groups excluding tert-OH is 2. The Morgan fingerprint density at radius 3 is 2.59 bits per heavy atom. The third kappa shape index (κ3) is 4.66. The second-order valence-corrected chi connectivity index (χ2v) is 10.6. The first kappa shape index (κ1) is 21.2. The molecule has 0 aromatic rings. The number of hydrogen-bond acceptors (Lipinski definition) is 3. The zero-order chi connectivity index (χ0) is 20.6. The van der Waals surface area contributed by atoms with Gasteiger partial charge in [0.1, 0.15) is 5.60 Å². The maximum Gasteiger partial charge on any atom is 0.149 e. The van der Waals surface area contributed by atoms with Crippen molar-refractivity contribution in [1.82, 2.24) is 0 Å². The molecule has 4 rings (SSSR count). The maximum atomic E-state index is 9.96. The van der Waals surface area contributed by atoms with E-state index in [0.717, 1.165) is 18.9 Å². The third-order valence-corrected chi connectivity index (χ3v) is 8.15. The lowest BCUT2D eigenvalue weighted by Gasteiger charge is -2.44. The smallest absolute Gasteiger partial charge is 0.149 e. The van der Waals surface area contributed by atoms with Gasteiger partial charge >= 0.3 is 0 Å². The van der Waals surface area contributed by atoms with Gasteiger partial charge in [-0.15, -0.1) is 0 Å². The van der Waals surface area contributed by atoms with Gasteiger partial charge in [0.25, 0.3) is 0 Å². The minimum atomic E-state index is -0.388. The predicted molar refractivity (Wildman–Crippen MR) is 116 cm³/mol. The van der Waals surface area contributed by atoms with E-state index < -0.39 is 0 Å². The molecule has 0 radical (unpaired) electrons. The Bertz CT molecular complexity index is 723. The maximum absolute atomic E-state index is 9.96. The molecule has 0 aromatic carbocycles. The summed E-state index contributed by atoms with van der Waals surface area (Å²) < 4.78 is 5.40. The molecule has 160 valence electrons. The van der Waals surface area contributed by atoms with Gasteiger partial charge in [0.15, 0.2) is 0 Å². The van der Waals surface area contributed by atoms with Crippen LogP contribution in [0.2, 0.25) is 0 Å². The number of rotatable bonds is 3. The topological polar surface area (TPSA) is 53.0 Å². The average molecular weight is 399 g/mol. The van der Waals surface area contributed by atoms with Crippen molar-refractivity contribution in [2.24, 2.45) is 23.2 Å². The first-order valence-corrected chi connectivity index (χ1v) is 11.7. The highest BCUT2D eigenvalue weighted by atomic mass is 16.6. The molecule has 4 fully saturated rings. The van der Waals surface area contributed by atoms with Crippen molar-refractivity contribution in [2.45, 2.75) is 96.4 Å². The van der Waals surface area contributed by atoms with Crippen LogP contribution < -0.4 is 0 Å². The van der Waals surface area contributed by atoms with Crippen LogP contribution in [0.15, 0.2) is 23.3 Å². The van der Waals surface area contributed by atoms with Crippen molar-refractivity contribution < 1.29 is 14.9 Å². The Labute approximate surface area is 176 Å². The monoisotopic (exact) mass is 398 g/mol. The normalized spacial score (nSPS) is 44.0. The second kappa shape index (κ2) is 8.22. The number of hydrogen-bond donors (Lipinski definition) is 2. The van der Waals surface area contributed by atoms with Crippen molar-refractivity contribution in [3.8, 4) is 11.8 Å². The molecule has 29 heavy (non-hydrogen) atoms. The lowest BCUT2D eigenvalue weighted by molar-refractivity contribution is 0.0609. The summed E-state index contributed by atoms with van der Waals surface area (Å²) in [6, 6.07) is 0. The van der Waals surface area contributed by atoms with E-state index in [2.05, 4.69) is 44.8 Å². The molecule has 3 aliphatic carbocycles. The van der Waals surface area contributed by atoms with Crippen molar-refractivity contribution in [1.29, 1.82) is 0 Å². The first-order chi connectivity index (χ1) is 13.8. The van der Waals surface area contributed by atoms with E-state index in [1.807, 2.05) is 0 Å². The highest BCUT2D eigenvalue weighted by Crippen LogP contribution is 2.59. The van der Waals surface area contributed by atoms with Crippen molar-refractivity contribution in [2.75, 3.05) is 6.61 Å². The van der Waals surface area contributed by atoms with Gasteiger partial charge in [0.2, 0.25) is 0 Å². The van der Waals surface area contributed by atoms with Gasteiger partial charge in [0.05, 0.1) is 18.8 Å². The third-order valence-electron chi connectivity index (χ3n) is 8.15. The molecule has 0 spiro atoms. The fraction of sp³-hybridized carbons (Fsp3) is 0.769. The summed E-state index contributed by atoms with van der Waals surface area (Å²) in [7, 11) is 0. The van der Waals surface area contributed by atoms with Crippen molar-refractivity contribution >= 4 is 0 Å². The number of epoxide rings is 1. The Morgan fingerprint density at radius 2 is 1.90 bits per heavy atom. The van der Waals surface area contributed by atoms with Crippen LogP contribution in [0.25, 0.3) is 0 Å². The minimum Gasteiger partial charge on any atom is -0.393 e. The summed E-state index contributed by atoms with van der Waals surface area (Å²) >= 11 is 0. The molecule has 1 heterocycles. The van der Waals surface area contributed by atoms with Crippen molar-refractivity contribution in [3.05, 3.63) is 23.3 Å². The molecule has 2 N–H and O–H groups in total. The molecule has 3 saturated carbocycles. The quantitative estimate of drug-likeness (QED) is 0.531. The van der Waals surface area contributed by atoms with Crippen LogP contribution in [0.5, 0.6) is 0 Å². The van der Waals surface area contributed by atoms with E-state index in [0.29, 0.717) is 36.5 Å². The van der Waals surface area contributed by atoms with Gasteiger partial charge in [-0.2, -0.15) is 0 Å². The van der Waals surface area contributed by atoms with E-state index in [4.69, 9.17) is 4.74 Å². The second-order valence-electron chi connectivity index (χ2n) is 10.6. The molecule has 1 unspecified atom stereocenters. The summed E-state index contributed by atoms with van der Waals surface area (Å²) in [5.74, 6) is 8.77.